The van der Waals surface area contributed by atoms with Crippen molar-refractivity contribution >= 4 is 11.7 Å². The normalized spacial score (nSPS) is 16.7. The van der Waals surface area contributed by atoms with Crippen LogP contribution in [0, 0.1) is 24.0 Å². The maximum atomic E-state index is 14.4. The lowest BCUT2D eigenvalue weighted by molar-refractivity contribution is -0.171. The Kier molecular flexibility index (Phi) is 8.64. The molecule has 1 aromatic carbocycles. The Morgan fingerprint density at radius 3 is 2.30 bits per heavy atom. The number of aliphatic hydroxyl groups is 1. The number of halogens is 2. The topological polar surface area (TPSA) is 71.9 Å². The van der Waals surface area contributed by atoms with E-state index in [-0.39, 0.29) is 11.5 Å². The van der Waals surface area contributed by atoms with E-state index in [0.29, 0.717) is 46.9 Å². The van der Waals surface area contributed by atoms with E-state index in [2.05, 4.69) is 23.7 Å². The summed E-state index contributed by atoms with van der Waals surface area (Å²) < 4.78 is 40.2. The highest BCUT2D eigenvalue weighted by atomic mass is 19.2. The molecule has 1 aromatic heterocycles. The van der Waals surface area contributed by atoms with Crippen molar-refractivity contribution in [3.63, 3.8) is 0 Å². The van der Waals surface area contributed by atoms with E-state index in [4.69, 9.17) is 9.47 Å². The Hall–Kier alpha value is -2.58. The third-order valence-corrected chi connectivity index (χ3v) is 6.56. The van der Waals surface area contributed by atoms with Crippen LogP contribution in [0.4, 0.5) is 14.5 Å². The molecule has 8 heteroatoms. The number of aliphatic hydroxyl groups excluding tert-OH is 1. The van der Waals surface area contributed by atoms with Gasteiger partial charge in [0.05, 0.1) is 29.7 Å². The molecule has 1 atom stereocenters. The summed E-state index contributed by atoms with van der Waals surface area (Å²) in [7, 11) is 0. The third-order valence-electron chi connectivity index (χ3n) is 6.56. The second-order valence-electron chi connectivity index (χ2n) is 11.8. The van der Waals surface area contributed by atoms with Gasteiger partial charge in [0, 0.05) is 29.9 Å². The molecule has 0 saturated carbocycles. The van der Waals surface area contributed by atoms with Crippen LogP contribution >= 0.6 is 0 Å². The number of nitrogens with zero attached hydrogens (tertiary/aromatic N) is 2. The van der Waals surface area contributed by atoms with Crippen molar-refractivity contribution in [1.82, 2.24) is 4.98 Å². The number of aryl methyl sites for hydroxylation is 1. The van der Waals surface area contributed by atoms with Crippen molar-refractivity contribution in [2.24, 2.45) is 5.41 Å². The predicted molar refractivity (Wildman–Crippen MR) is 140 cm³/mol. The Morgan fingerprint density at radius 2 is 1.78 bits per heavy atom. The number of aromatic nitrogens is 1. The molecule has 0 spiro atoms. The molecule has 3 rings (SSSR count). The summed E-state index contributed by atoms with van der Waals surface area (Å²) in [6.45, 7) is 16.2. The summed E-state index contributed by atoms with van der Waals surface area (Å²) in [6, 6.07) is 3.63. The molecule has 0 bridgehead atoms. The van der Waals surface area contributed by atoms with Gasteiger partial charge in [0.25, 0.3) is 0 Å². The van der Waals surface area contributed by atoms with E-state index in [1.54, 1.807) is 20.8 Å². The Labute approximate surface area is 219 Å². The van der Waals surface area contributed by atoms with Gasteiger partial charge in [0.1, 0.15) is 0 Å². The van der Waals surface area contributed by atoms with Crippen LogP contribution in [0.2, 0.25) is 0 Å². The van der Waals surface area contributed by atoms with Crippen LogP contribution in [0.25, 0.3) is 11.1 Å². The molecule has 204 valence electrons. The highest BCUT2D eigenvalue weighted by Crippen LogP contribution is 2.45. The van der Waals surface area contributed by atoms with E-state index < -0.39 is 35.9 Å². The molecule has 6 nitrogen and oxygen atoms in total. The lowest BCUT2D eigenvalue weighted by atomic mass is 9.81. The van der Waals surface area contributed by atoms with Crippen LogP contribution < -0.4 is 4.90 Å². The summed E-state index contributed by atoms with van der Waals surface area (Å²) in [5.74, 6) is -2.53. The van der Waals surface area contributed by atoms with Crippen LogP contribution in [0.15, 0.2) is 18.2 Å². The van der Waals surface area contributed by atoms with Crippen molar-refractivity contribution in [1.29, 1.82) is 0 Å². The SMILES string of the molecule is Cc1nc(CO)c(-c2ccc(F)c(F)c2)c(N2CCC(C)(C)CC2)c1[C@H](OC(C)(C)C)C(=O)OC(C)C. The van der Waals surface area contributed by atoms with Gasteiger partial charge < -0.3 is 19.5 Å². The maximum absolute atomic E-state index is 14.4. The van der Waals surface area contributed by atoms with E-state index in [0.717, 1.165) is 25.0 Å². The van der Waals surface area contributed by atoms with Gasteiger partial charge in [-0.05, 0) is 77.5 Å². The van der Waals surface area contributed by atoms with Gasteiger partial charge in [-0.3, -0.25) is 4.98 Å². The number of esters is 1. The average molecular weight is 519 g/mol. The second kappa shape index (κ2) is 11.0. The summed E-state index contributed by atoms with van der Waals surface area (Å²) in [5.41, 5.74) is 2.23. The number of carbonyl (C=O) groups is 1. The molecule has 1 fully saturated rings. The zero-order chi connectivity index (χ0) is 27.7. The van der Waals surface area contributed by atoms with Crippen molar-refractivity contribution in [2.75, 3.05) is 18.0 Å². The molecule has 2 heterocycles. The number of carbonyl (C=O) groups excluding carboxylic acids is 1. The number of rotatable bonds is 7. The maximum Gasteiger partial charge on any atom is 0.340 e. The van der Waals surface area contributed by atoms with Gasteiger partial charge in [0.2, 0.25) is 0 Å². The van der Waals surface area contributed by atoms with Crippen LogP contribution in [0.5, 0.6) is 0 Å². The molecule has 0 unspecified atom stereocenters. The number of piperidine rings is 1. The lowest BCUT2D eigenvalue weighted by Gasteiger charge is -2.41. The van der Waals surface area contributed by atoms with Crippen molar-refractivity contribution < 1.29 is 28.2 Å². The highest BCUT2D eigenvalue weighted by Gasteiger charge is 2.38. The molecule has 1 N–H and O–H groups in total. The van der Waals surface area contributed by atoms with Crippen LogP contribution in [-0.4, -0.2) is 40.9 Å². The van der Waals surface area contributed by atoms with Crippen molar-refractivity contribution in [3.05, 3.63) is 46.8 Å². The summed E-state index contributed by atoms with van der Waals surface area (Å²) >= 11 is 0. The molecule has 0 aliphatic carbocycles. The second-order valence-corrected chi connectivity index (χ2v) is 11.8. The van der Waals surface area contributed by atoms with Crippen LogP contribution in [0.3, 0.4) is 0 Å². The number of ether oxygens (including phenoxy) is 2. The molecule has 1 saturated heterocycles. The standard InChI is InChI=1S/C29H40F2N2O4/c1-17(2)36-27(35)26(37-28(4,5)6)23-18(3)32-22(16-34)24(19-9-10-20(30)21(31)15-19)25(23)33-13-11-29(7,8)12-14-33/h9-10,15,17,26,34H,11-14,16H2,1-8H3/t26-/m0/s1. The smallest absolute Gasteiger partial charge is 0.340 e. The monoisotopic (exact) mass is 518 g/mol. The highest BCUT2D eigenvalue weighted by molar-refractivity contribution is 5.88. The molecule has 2 aromatic rings. The molecule has 1 aliphatic heterocycles. The summed E-state index contributed by atoms with van der Waals surface area (Å²) in [6.07, 6.45) is 0.298. The zero-order valence-corrected chi connectivity index (χ0v) is 23.2. The molecular formula is C29H40F2N2O4. The number of pyridine rings is 1. The van der Waals surface area contributed by atoms with Gasteiger partial charge >= 0.3 is 5.97 Å². The van der Waals surface area contributed by atoms with Crippen LogP contribution in [-0.2, 0) is 20.9 Å². The van der Waals surface area contributed by atoms with E-state index in [1.165, 1.54) is 6.07 Å². The van der Waals surface area contributed by atoms with Crippen molar-refractivity contribution in [2.45, 2.75) is 92.6 Å². The van der Waals surface area contributed by atoms with E-state index in [9.17, 15) is 18.7 Å². The molecular weight excluding hydrogens is 478 g/mol. The molecule has 1 aliphatic rings. The largest absolute Gasteiger partial charge is 0.461 e. The van der Waals surface area contributed by atoms with Gasteiger partial charge in [-0.1, -0.05) is 19.9 Å². The first-order valence-corrected chi connectivity index (χ1v) is 12.9. The van der Waals surface area contributed by atoms with Gasteiger partial charge in [-0.2, -0.15) is 0 Å². The van der Waals surface area contributed by atoms with Gasteiger partial charge in [-0.25, -0.2) is 13.6 Å². The molecule has 37 heavy (non-hydrogen) atoms. The first kappa shape index (κ1) is 29.0. The first-order chi connectivity index (χ1) is 17.1. The molecule has 0 amide bonds. The predicted octanol–water partition coefficient (Wildman–Crippen LogP) is 6.26. The summed E-state index contributed by atoms with van der Waals surface area (Å²) in [4.78, 5) is 20.3. The number of hydrogen-bond acceptors (Lipinski definition) is 6. The van der Waals surface area contributed by atoms with Crippen LogP contribution in [0.1, 0.15) is 84.4 Å². The third kappa shape index (κ3) is 6.85. The fourth-order valence-corrected chi connectivity index (χ4v) is 4.68. The number of hydrogen-bond donors (Lipinski definition) is 1. The van der Waals surface area contributed by atoms with E-state index in [1.807, 2.05) is 20.8 Å². The average Bonchev–Trinajstić information content (AvgIpc) is 2.78. The minimum Gasteiger partial charge on any atom is -0.461 e. The first-order valence-electron chi connectivity index (χ1n) is 12.9. The number of anilines is 1. The van der Waals surface area contributed by atoms with Crippen molar-refractivity contribution in [3.8, 4) is 11.1 Å². The molecule has 0 radical (unpaired) electrons. The Balaban J connectivity index is 2.37. The minimum atomic E-state index is -1.11. The Bertz CT molecular complexity index is 1130. The minimum absolute atomic E-state index is 0.137. The fourth-order valence-electron chi connectivity index (χ4n) is 4.68. The van der Waals surface area contributed by atoms with Gasteiger partial charge in [-0.15, -0.1) is 0 Å². The van der Waals surface area contributed by atoms with Gasteiger partial charge in [0.15, 0.2) is 17.7 Å². The Morgan fingerprint density at radius 1 is 1.16 bits per heavy atom. The quantitative estimate of drug-likeness (QED) is 0.436. The fraction of sp³-hybridized carbons (Fsp3) is 0.586. The zero-order valence-electron chi connectivity index (χ0n) is 23.2. The van der Waals surface area contributed by atoms with E-state index >= 15 is 0 Å². The lowest BCUT2D eigenvalue weighted by Crippen LogP contribution is -2.39. The number of benzene rings is 1. The summed E-state index contributed by atoms with van der Waals surface area (Å²) in [5, 5.41) is 10.3.